The number of aromatic nitrogens is 1. The zero-order valence-corrected chi connectivity index (χ0v) is 9.98. The summed E-state index contributed by atoms with van der Waals surface area (Å²) >= 11 is 0. The van der Waals surface area contributed by atoms with Crippen LogP contribution in [0.1, 0.15) is 11.1 Å². The third kappa shape index (κ3) is 2.68. The molecule has 0 aliphatic carbocycles. The highest BCUT2D eigenvalue weighted by Crippen LogP contribution is 2.31. The van der Waals surface area contributed by atoms with E-state index in [0.717, 1.165) is 6.07 Å². The van der Waals surface area contributed by atoms with Crippen LogP contribution in [0.5, 0.6) is 11.6 Å². The molecule has 0 atom stereocenters. The Labute approximate surface area is 113 Å². The van der Waals surface area contributed by atoms with Crippen LogP contribution in [0, 0.1) is 32.8 Å². The average Bonchev–Trinajstić information content (AvgIpc) is 2.47. The van der Waals surface area contributed by atoms with Crippen LogP contribution >= 0.6 is 0 Å². The highest BCUT2D eigenvalue weighted by molar-refractivity contribution is 5.53. The highest BCUT2D eigenvalue weighted by atomic mass is 16.6. The third-order valence-electron chi connectivity index (χ3n) is 2.36. The van der Waals surface area contributed by atoms with E-state index < -0.39 is 4.92 Å². The Morgan fingerprint density at radius 2 is 1.85 bits per heavy atom. The van der Waals surface area contributed by atoms with Crippen molar-refractivity contribution in [2.75, 3.05) is 0 Å². The molecule has 0 saturated carbocycles. The Kier molecular flexibility index (Phi) is 3.55. The fourth-order valence-electron chi connectivity index (χ4n) is 1.46. The summed E-state index contributed by atoms with van der Waals surface area (Å²) < 4.78 is 5.30. The predicted molar refractivity (Wildman–Crippen MR) is 66.8 cm³/mol. The van der Waals surface area contributed by atoms with Crippen molar-refractivity contribution in [1.29, 1.82) is 10.5 Å². The SMILES string of the molecule is N#Cc1ccnc(Oc2ccc(C#N)cc2[N+](=O)[O-])c1. The average molecular weight is 266 g/mol. The molecule has 0 N–H and O–H groups in total. The van der Waals surface area contributed by atoms with Gasteiger partial charge in [-0.05, 0) is 18.2 Å². The first kappa shape index (κ1) is 13.0. The number of nitro groups is 1. The summed E-state index contributed by atoms with van der Waals surface area (Å²) in [6, 6.07) is 10.4. The van der Waals surface area contributed by atoms with Gasteiger partial charge < -0.3 is 4.74 Å². The second kappa shape index (κ2) is 5.46. The number of benzene rings is 1. The van der Waals surface area contributed by atoms with Gasteiger partial charge in [0.05, 0.1) is 28.2 Å². The van der Waals surface area contributed by atoms with E-state index in [-0.39, 0.29) is 22.9 Å². The molecule has 0 unspecified atom stereocenters. The molecule has 7 nitrogen and oxygen atoms in total. The molecule has 0 spiro atoms. The second-order valence-electron chi connectivity index (χ2n) is 3.65. The molecule has 96 valence electrons. The Morgan fingerprint density at radius 1 is 1.15 bits per heavy atom. The van der Waals surface area contributed by atoms with Crippen LogP contribution < -0.4 is 4.74 Å². The Hall–Kier alpha value is -3.45. The zero-order chi connectivity index (χ0) is 14.5. The zero-order valence-electron chi connectivity index (χ0n) is 9.98. The molecule has 0 aliphatic rings. The van der Waals surface area contributed by atoms with E-state index in [9.17, 15) is 10.1 Å². The van der Waals surface area contributed by atoms with Crippen LogP contribution in [0.4, 0.5) is 5.69 Å². The maximum absolute atomic E-state index is 10.9. The summed E-state index contributed by atoms with van der Waals surface area (Å²) in [6.45, 7) is 0. The Balaban J connectivity index is 2.41. The number of nitro benzene ring substituents is 1. The largest absolute Gasteiger partial charge is 0.432 e. The van der Waals surface area contributed by atoms with Crippen molar-refractivity contribution < 1.29 is 9.66 Å². The van der Waals surface area contributed by atoms with Gasteiger partial charge in [0.2, 0.25) is 11.6 Å². The number of ether oxygens (including phenoxy) is 1. The van der Waals surface area contributed by atoms with Gasteiger partial charge in [0, 0.05) is 18.3 Å². The van der Waals surface area contributed by atoms with E-state index >= 15 is 0 Å². The number of nitrogens with zero attached hydrogens (tertiary/aromatic N) is 4. The van der Waals surface area contributed by atoms with E-state index in [0.29, 0.717) is 5.56 Å². The van der Waals surface area contributed by atoms with E-state index in [1.807, 2.05) is 12.1 Å². The van der Waals surface area contributed by atoms with Crippen LogP contribution in [0.2, 0.25) is 0 Å². The van der Waals surface area contributed by atoms with Crippen molar-refractivity contribution in [3.8, 4) is 23.8 Å². The van der Waals surface area contributed by atoms with Gasteiger partial charge in [-0.1, -0.05) is 0 Å². The lowest BCUT2D eigenvalue weighted by atomic mass is 10.2. The van der Waals surface area contributed by atoms with E-state index in [2.05, 4.69) is 4.98 Å². The van der Waals surface area contributed by atoms with Gasteiger partial charge in [0.25, 0.3) is 0 Å². The van der Waals surface area contributed by atoms with Crippen LogP contribution in [0.15, 0.2) is 36.5 Å². The maximum atomic E-state index is 10.9. The number of pyridine rings is 1. The van der Waals surface area contributed by atoms with E-state index in [1.54, 1.807) is 0 Å². The van der Waals surface area contributed by atoms with Crippen molar-refractivity contribution in [2.24, 2.45) is 0 Å². The summed E-state index contributed by atoms with van der Waals surface area (Å²) in [7, 11) is 0. The fourth-order valence-corrected chi connectivity index (χ4v) is 1.46. The molecule has 0 bridgehead atoms. The minimum atomic E-state index is -0.648. The smallest absolute Gasteiger partial charge is 0.312 e. The topological polar surface area (TPSA) is 113 Å². The standard InChI is InChI=1S/C13H6N4O3/c14-7-9-1-2-12(11(5-9)17(18)19)20-13-6-10(8-15)3-4-16-13/h1-6H. The van der Waals surface area contributed by atoms with Gasteiger partial charge in [-0.15, -0.1) is 0 Å². The molecule has 0 saturated heterocycles. The van der Waals surface area contributed by atoms with E-state index in [4.69, 9.17) is 15.3 Å². The Bertz CT molecular complexity index is 759. The molecule has 1 aromatic carbocycles. The highest BCUT2D eigenvalue weighted by Gasteiger charge is 2.17. The molecule has 0 amide bonds. The monoisotopic (exact) mass is 266 g/mol. The lowest BCUT2D eigenvalue weighted by molar-refractivity contribution is -0.385. The quantitative estimate of drug-likeness (QED) is 0.623. The molecule has 1 aromatic heterocycles. The Morgan fingerprint density at radius 3 is 2.50 bits per heavy atom. The first-order chi connectivity index (χ1) is 9.63. The molecule has 20 heavy (non-hydrogen) atoms. The lowest BCUT2D eigenvalue weighted by Gasteiger charge is -2.05. The predicted octanol–water partition coefficient (Wildman–Crippen LogP) is 2.53. The van der Waals surface area contributed by atoms with E-state index in [1.165, 1.54) is 30.5 Å². The van der Waals surface area contributed by atoms with Gasteiger partial charge in [-0.25, -0.2) is 4.98 Å². The first-order valence-corrected chi connectivity index (χ1v) is 5.36. The van der Waals surface area contributed by atoms with Crippen LogP contribution in [0.3, 0.4) is 0 Å². The van der Waals surface area contributed by atoms with Gasteiger partial charge in [-0.3, -0.25) is 10.1 Å². The number of rotatable bonds is 3. The lowest BCUT2D eigenvalue weighted by Crippen LogP contribution is -1.95. The van der Waals surface area contributed by atoms with Gasteiger partial charge in [0.15, 0.2) is 0 Å². The van der Waals surface area contributed by atoms with Gasteiger partial charge in [-0.2, -0.15) is 10.5 Å². The molecule has 0 aliphatic heterocycles. The molecular weight excluding hydrogens is 260 g/mol. The molecule has 7 heteroatoms. The molecule has 1 heterocycles. The molecule has 0 fully saturated rings. The number of hydrogen-bond donors (Lipinski definition) is 0. The summed E-state index contributed by atoms with van der Waals surface area (Å²) in [5.74, 6) is 0.0217. The van der Waals surface area contributed by atoms with Gasteiger partial charge in [0.1, 0.15) is 0 Å². The maximum Gasteiger partial charge on any atom is 0.312 e. The minimum Gasteiger partial charge on any atom is -0.432 e. The fraction of sp³-hybridized carbons (Fsp3) is 0. The summed E-state index contributed by atoms with van der Waals surface area (Å²) in [5.41, 5.74) is 0.141. The summed E-state index contributed by atoms with van der Waals surface area (Å²) in [5, 5.41) is 28.4. The van der Waals surface area contributed by atoms with Crippen molar-refractivity contribution in [2.45, 2.75) is 0 Å². The summed E-state index contributed by atoms with van der Waals surface area (Å²) in [6.07, 6.45) is 1.36. The van der Waals surface area contributed by atoms with Gasteiger partial charge >= 0.3 is 5.69 Å². The summed E-state index contributed by atoms with van der Waals surface area (Å²) in [4.78, 5) is 14.2. The normalized spacial score (nSPS) is 9.30. The number of nitriles is 2. The van der Waals surface area contributed by atoms with Crippen molar-refractivity contribution in [1.82, 2.24) is 4.98 Å². The second-order valence-corrected chi connectivity index (χ2v) is 3.65. The molecule has 2 aromatic rings. The first-order valence-electron chi connectivity index (χ1n) is 5.36. The molecule has 0 radical (unpaired) electrons. The van der Waals surface area contributed by atoms with Crippen LogP contribution in [-0.2, 0) is 0 Å². The number of hydrogen-bond acceptors (Lipinski definition) is 6. The van der Waals surface area contributed by atoms with Crippen LogP contribution in [-0.4, -0.2) is 9.91 Å². The van der Waals surface area contributed by atoms with Crippen molar-refractivity contribution >= 4 is 5.69 Å². The van der Waals surface area contributed by atoms with Crippen molar-refractivity contribution in [3.05, 3.63) is 57.8 Å². The molecule has 2 rings (SSSR count). The van der Waals surface area contributed by atoms with Crippen molar-refractivity contribution in [3.63, 3.8) is 0 Å². The third-order valence-corrected chi connectivity index (χ3v) is 2.36. The molecular formula is C13H6N4O3. The minimum absolute atomic E-state index is 0.0448. The van der Waals surface area contributed by atoms with Crippen LogP contribution in [0.25, 0.3) is 0 Å².